The van der Waals surface area contributed by atoms with E-state index in [0.717, 1.165) is 0 Å². The van der Waals surface area contributed by atoms with Crippen LogP contribution in [0.25, 0.3) is 0 Å². The number of furan rings is 1. The van der Waals surface area contributed by atoms with Gasteiger partial charge in [-0.2, -0.15) is 0 Å². The Hall–Kier alpha value is -2.56. The molecule has 92 valence electrons. The minimum Gasteiger partial charge on any atom is -0.435 e. The summed E-state index contributed by atoms with van der Waals surface area (Å²) in [6.07, 6.45) is 0. The summed E-state index contributed by atoms with van der Waals surface area (Å²) in [7, 11) is 0. The molecule has 2 amide bonds. The molecule has 1 heterocycles. The quantitative estimate of drug-likeness (QED) is 0.871. The van der Waals surface area contributed by atoms with Crippen molar-refractivity contribution in [2.24, 2.45) is 0 Å². The van der Waals surface area contributed by atoms with Crippen molar-refractivity contribution in [1.29, 1.82) is 0 Å². The Morgan fingerprint density at radius 2 is 1.72 bits per heavy atom. The molecule has 0 spiro atoms. The van der Waals surface area contributed by atoms with Gasteiger partial charge < -0.3 is 9.73 Å². The third-order valence-electron chi connectivity index (χ3n) is 2.16. The molecule has 2 aromatic rings. The van der Waals surface area contributed by atoms with Crippen LogP contribution in [-0.2, 0) is 4.79 Å². The highest BCUT2D eigenvalue weighted by atomic mass is 16.4. The number of benzene rings is 1. The van der Waals surface area contributed by atoms with Gasteiger partial charge in [0.2, 0.25) is 5.91 Å². The van der Waals surface area contributed by atoms with Crippen molar-refractivity contribution >= 4 is 23.4 Å². The fourth-order valence-electron chi connectivity index (χ4n) is 1.41. The Morgan fingerprint density at radius 1 is 1.00 bits per heavy atom. The van der Waals surface area contributed by atoms with E-state index in [1.807, 2.05) is 18.2 Å². The van der Waals surface area contributed by atoms with Gasteiger partial charge in [0, 0.05) is 18.7 Å². The number of carbonyl (C=O) groups excluding carboxylic acids is 2. The Bertz CT molecular complexity index is 561. The van der Waals surface area contributed by atoms with Crippen LogP contribution in [0.4, 0.5) is 11.6 Å². The summed E-state index contributed by atoms with van der Waals surface area (Å²) in [4.78, 5) is 22.6. The molecule has 0 saturated heterocycles. The van der Waals surface area contributed by atoms with Gasteiger partial charge in [-0.15, -0.1) is 0 Å². The van der Waals surface area contributed by atoms with Gasteiger partial charge in [0.25, 0.3) is 5.91 Å². The number of carbonyl (C=O) groups is 2. The second-order valence-electron chi connectivity index (χ2n) is 3.67. The SMILES string of the molecule is CC(=O)Nc1ccc(C(=O)Nc2ccccc2)o1. The van der Waals surface area contributed by atoms with Crippen molar-refractivity contribution in [3.8, 4) is 0 Å². The molecule has 5 nitrogen and oxygen atoms in total. The predicted molar refractivity (Wildman–Crippen MR) is 67.4 cm³/mol. The smallest absolute Gasteiger partial charge is 0.291 e. The molecule has 0 aliphatic rings. The van der Waals surface area contributed by atoms with E-state index in [9.17, 15) is 9.59 Å². The molecular weight excluding hydrogens is 232 g/mol. The number of para-hydroxylation sites is 1. The zero-order valence-electron chi connectivity index (χ0n) is 9.77. The maximum absolute atomic E-state index is 11.8. The Balaban J connectivity index is 2.05. The number of hydrogen-bond donors (Lipinski definition) is 2. The van der Waals surface area contributed by atoms with Gasteiger partial charge in [-0.05, 0) is 18.2 Å². The predicted octanol–water partition coefficient (Wildman–Crippen LogP) is 2.49. The summed E-state index contributed by atoms with van der Waals surface area (Å²) in [6.45, 7) is 1.37. The van der Waals surface area contributed by atoms with E-state index in [-0.39, 0.29) is 23.5 Å². The summed E-state index contributed by atoms with van der Waals surface area (Å²) in [5, 5.41) is 5.14. The summed E-state index contributed by atoms with van der Waals surface area (Å²) >= 11 is 0. The van der Waals surface area contributed by atoms with Crippen LogP contribution in [0.1, 0.15) is 17.5 Å². The molecule has 0 bridgehead atoms. The van der Waals surface area contributed by atoms with Crippen molar-refractivity contribution in [3.05, 3.63) is 48.2 Å². The molecule has 0 unspecified atom stereocenters. The molecule has 0 aliphatic heterocycles. The van der Waals surface area contributed by atoms with Crippen LogP contribution in [0.5, 0.6) is 0 Å². The average molecular weight is 244 g/mol. The lowest BCUT2D eigenvalue weighted by atomic mass is 10.3. The van der Waals surface area contributed by atoms with Crippen LogP contribution >= 0.6 is 0 Å². The first kappa shape index (κ1) is 11.9. The molecule has 2 rings (SSSR count). The van der Waals surface area contributed by atoms with E-state index < -0.39 is 0 Å². The molecule has 2 N–H and O–H groups in total. The zero-order chi connectivity index (χ0) is 13.0. The lowest BCUT2D eigenvalue weighted by Gasteiger charge is -2.02. The molecular formula is C13H12N2O3. The van der Waals surface area contributed by atoms with Crippen molar-refractivity contribution in [2.45, 2.75) is 6.92 Å². The van der Waals surface area contributed by atoms with Crippen LogP contribution in [0, 0.1) is 0 Å². The molecule has 0 radical (unpaired) electrons. The van der Waals surface area contributed by atoms with Gasteiger partial charge in [0.15, 0.2) is 11.6 Å². The minimum atomic E-state index is -0.363. The third-order valence-corrected chi connectivity index (χ3v) is 2.16. The van der Waals surface area contributed by atoms with E-state index in [1.165, 1.54) is 19.1 Å². The van der Waals surface area contributed by atoms with Gasteiger partial charge in [0.1, 0.15) is 0 Å². The van der Waals surface area contributed by atoms with Crippen LogP contribution < -0.4 is 10.6 Å². The molecule has 0 atom stereocenters. The number of amides is 2. The maximum atomic E-state index is 11.8. The highest BCUT2D eigenvalue weighted by molar-refractivity contribution is 6.02. The van der Waals surface area contributed by atoms with Crippen LogP contribution in [-0.4, -0.2) is 11.8 Å². The van der Waals surface area contributed by atoms with Crippen LogP contribution in [0.2, 0.25) is 0 Å². The largest absolute Gasteiger partial charge is 0.435 e. The Kier molecular flexibility index (Phi) is 3.43. The zero-order valence-corrected chi connectivity index (χ0v) is 9.77. The summed E-state index contributed by atoms with van der Waals surface area (Å²) < 4.78 is 5.18. The van der Waals surface area contributed by atoms with Crippen LogP contribution in [0.15, 0.2) is 46.9 Å². The topological polar surface area (TPSA) is 71.3 Å². The van der Waals surface area contributed by atoms with Gasteiger partial charge in [-0.3, -0.25) is 14.9 Å². The van der Waals surface area contributed by atoms with Gasteiger partial charge in [0.05, 0.1) is 0 Å². The number of rotatable bonds is 3. The molecule has 1 aromatic heterocycles. The Labute approximate surface area is 104 Å². The Morgan fingerprint density at radius 3 is 2.39 bits per heavy atom. The first-order chi connectivity index (χ1) is 8.65. The number of anilines is 2. The highest BCUT2D eigenvalue weighted by Crippen LogP contribution is 2.15. The van der Waals surface area contributed by atoms with E-state index in [1.54, 1.807) is 12.1 Å². The van der Waals surface area contributed by atoms with E-state index in [0.29, 0.717) is 5.69 Å². The van der Waals surface area contributed by atoms with E-state index >= 15 is 0 Å². The van der Waals surface area contributed by atoms with Gasteiger partial charge >= 0.3 is 0 Å². The van der Waals surface area contributed by atoms with E-state index in [4.69, 9.17) is 4.42 Å². The normalized spacial score (nSPS) is 9.83. The molecule has 0 fully saturated rings. The van der Waals surface area contributed by atoms with E-state index in [2.05, 4.69) is 10.6 Å². The number of hydrogen-bond acceptors (Lipinski definition) is 3. The van der Waals surface area contributed by atoms with Crippen LogP contribution in [0.3, 0.4) is 0 Å². The molecule has 0 aliphatic carbocycles. The first-order valence-corrected chi connectivity index (χ1v) is 5.39. The first-order valence-electron chi connectivity index (χ1n) is 5.39. The van der Waals surface area contributed by atoms with Crippen molar-refractivity contribution < 1.29 is 14.0 Å². The van der Waals surface area contributed by atoms with Crippen molar-refractivity contribution in [2.75, 3.05) is 10.6 Å². The number of nitrogens with one attached hydrogen (secondary N) is 2. The van der Waals surface area contributed by atoms with Crippen molar-refractivity contribution in [1.82, 2.24) is 0 Å². The van der Waals surface area contributed by atoms with Gasteiger partial charge in [-0.25, -0.2) is 0 Å². The molecule has 1 aromatic carbocycles. The maximum Gasteiger partial charge on any atom is 0.291 e. The second-order valence-corrected chi connectivity index (χ2v) is 3.67. The summed E-state index contributed by atoms with van der Waals surface area (Å²) in [6, 6.07) is 12.1. The fraction of sp³-hybridized carbons (Fsp3) is 0.0769. The van der Waals surface area contributed by atoms with Crippen molar-refractivity contribution in [3.63, 3.8) is 0 Å². The molecule has 18 heavy (non-hydrogen) atoms. The highest BCUT2D eigenvalue weighted by Gasteiger charge is 2.11. The monoisotopic (exact) mass is 244 g/mol. The minimum absolute atomic E-state index is 0.141. The third kappa shape index (κ3) is 2.98. The summed E-state index contributed by atoms with van der Waals surface area (Å²) in [5.74, 6) is -0.222. The lowest BCUT2D eigenvalue weighted by molar-refractivity contribution is -0.114. The average Bonchev–Trinajstić information content (AvgIpc) is 2.78. The molecule has 5 heteroatoms. The second kappa shape index (κ2) is 5.18. The lowest BCUT2D eigenvalue weighted by Crippen LogP contribution is -2.10. The standard InChI is InChI=1S/C13H12N2O3/c1-9(16)14-12-8-7-11(18-12)13(17)15-10-5-3-2-4-6-10/h2-8H,1H3,(H,14,16)(H,15,17). The van der Waals surface area contributed by atoms with Gasteiger partial charge in [-0.1, -0.05) is 18.2 Å². The molecule has 0 saturated carbocycles. The fourth-order valence-corrected chi connectivity index (χ4v) is 1.41. The summed E-state index contributed by atoms with van der Waals surface area (Å²) in [5.41, 5.74) is 0.681.